The minimum Gasteiger partial charge on any atom is -0.492 e. The van der Waals surface area contributed by atoms with Crippen LogP contribution >= 0.6 is 27.5 Å². The minimum absolute atomic E-state index is 0.0705. The van der Waals surface area contributed by atoms with Gasteiger partial charge in [0.2, 0.25) is 11.9 Å². The van der Waals surface area contributed by atoms with Gasteiger partial charge in [-0.2, -0.15) is 0 Å². The molecule has 8 heteroatoms. The van der Waals surface area contributed by atoms with E-state index in [9.17, 15) is 4.79 Å². The van der Waals surface area contributed by atoms with Gasteiger partial charge in [-0.25, -0.2) is 9.97 Å². The van der Waals surface area contributed by atoms with E-state index >= 15 is 0 Å². The van der Waals surface area contributed by atoms with Crippen LogP contribution in [0.1, 0.15) is 24.2 Å². The minimum atomic E-state index is -0.0705. The fourth-order valence-electron chi connectivity index (χ4n) is 2.78. The molecule has 1 heterocycles. The summed E-state index contributed by atoms with van der Waals surface area (Å²) in [6.45, 7) is 4.27. The Balaban J connectivity index is 1.44. The molecule has 1 amide bonds. The van der Waals surface area contributed by atoms with Gasteiger partial charge in [-0.15, -0.1) is 0 Å². The third-order valence-electron chi connectivity index (χ3n) is 4.11. The van der Waals surface area contributed by atoms with Gasteiger partial charge in [0.05, 0.1) is 11.6 Å². The average Bonchev–Trinajstić information content (AvgIpc) is 2.67. The first-order valence-corrected chi connectivity index (χ1v) is 10.6. The van der Waals surface area contributed by atoms with Crippen molar-refractivity contribution in [3.8, 4) is 5.75 Å². The molecule has 0 atom stereocenters. The van der Waals surface area contributed by atoms with Crippen LogP contribution in [-0.4, -0.2) is 22.5 Å². The molecule has 0 aliphatic heterocycles. The van der Waals surface area contributed by atoms with Crippen molar-refractivity contribution < 1.29 is 9.53 Å². The maximum absolute atomic E-state index is 12.2. The fourth-order valence-corrected chi connectivity index (χ4v) is 3.51. The highest BCUT2D eigenvalue weighted by Gasteiger charge is 2.06. The number of carbonyl (C=O) groups excluding carboxylic acids is 1. The van der Waals surface area contributed by atoms with Crippen LogP contribution in [0.3, 0.4) is 0 Å². The summed E-state index contributed by atoms with van der Waals surface area (Å²) in [5.41, 5.74) is 3.38. The highest BCUT2D eigenvalue weighted by atomic mass is 79.9. The number of nitrogens with one attached hydrogen (secondary N) is 2. The number of hydrogen-bond acceptors (Lipinski definition) is 5. The zero-order valence-corrected chi connectivity index (χ0v) is 19.0. The van der Waals surface area contributed by atoms with Crippen molar-refractivity contribution in [2.24, 2.45) is 0 Å². The van der Waals surface area contributed by atoms with E-state index in [1.807, 2.05) is 50.2 Å². The molecule has 0 radical (unpaired) electrons. The molecule has 0 spiro atoms. The second-order valence-corrected chi connectivity index (χ2v) is 8.07. The summed E-state index contributed by atoms with van der Waals surface area (Å²) in [6, 6.07) is 14.8. The number of anilines is 3. The van der Waals surface area contributed by atoms with Crippen molar-refractivity contribution in [2.75, 3.05) is 17.2 Å². The molecule has 6 nitrogen and oxygen atoms in total. The predicted molar refractivity (Wildman–Crippen MR) is 124 cm³/mol. The van der Waals surface area contributed by atoms with Gasteiger partial charge in [0.1, 0.15) is 5.75 Å². The Hall–Kier alpha value is -2.64. The molecule has 2 aromatic carbocycles. The van der Waals surface area contributed by atoms with Crippen molar-refractivity contribution in [2.45, 2.75) is 26.7 Å². The van der Waals surface area contributed by atoms with E-state index < -0.39 is 0 Å². The maximum atomic E-state index is 12.2. The second-order valence-electron chi connectivity index (χ2n) is 6.75. The first kappa shape index (κ1) is 22.1. The topological polar surface area (TPSA) is 76.1 Å². The molecule has 1 aromatic heterocycles. The van der Waals surface area contributed by atoms with Gasteiger partial charge in [0.15, 0.2) is 0 Å². The molecule has 0 fully saturated rings. The predicted octanol–water partition coefficient (Wildman–Crippen LogP) is 6.05. The van der Waals surface area contributed by atoms with Crippen LogP contribution in [0.15, 0.2) is 53.0 Å². The van der Waals surface area contributed by atoms with E-state index in [0.717, 1.165) is 27.2 Å². The number of benzene rings is 2. The standard InChI is InChI=1S/C22H22BrClN4O2/c1-14-12-15(2)26-22(25-14)28-18-8-6-17(7-9-18)27-21(29)4-3-11-30-20-10-5-16(23)13-19(20)24/h5-10,12-13H,3-4,11H2,1-2H3,(H,27,29)(H,25,26,28). The molecule has 2 N–H and O–H groups in total. The molecule has 0 aliphatic rings. The van der Waals surface area contributed by atoms with E-state index in [1.54, 1.807) is 12.1 Å². The lowest BCUT2D eigenvalue weighted by Crippen LogP contribution is -2.12. The zero-order valence-electron chi connectivity index (χ0n) is 16.7. The van der Waals surface area contributed by atoms with Crippen LogP contribution in [0.5, 0.6) is 5.75 Å². The first-order chi connectivity index (χ1) is 14.4. The highest BCUT2D eigenvalue weighted by Crippen LogP contribution is 2.27. The Morgan fingerprint density at radius 2 is 1.70 bits per heavy atom. The van der Waals surface area contributed by atoms with Crippen LogP contribution in [0.25, 0.3) is 0 Å². The number of hydrogen-bond donors (Lipinski definition) is 2. The molecule has 3 rings (SSSR count). The van der Waals surface area contributed by atoms with E-state index in [-0.39, 0.29) is 5.91 Å². The largest absolute Gasteiger partial charge is 0.492 e. The number of ether oxygens (including phenoxy) is 1. The lowest BCUT2D eigenvalue weighted by Gasteiger charge is -2.10. The third-order valence-corrected chi connectivity index (χ3v) is 4.90. The van der Waals surface area contributed by atoms with Gasteiger partial charge in [-0.05, 0) is 68.8 Å². The fraction of sp³-hybridized carbons (Fsp3) is 0.227. The molecule has 0 saturated heterocycles. The number of aromatic nitrogens is 2. The van der Waals surface area contributed by atoms with E-state index in [0.29, 0.717) is 36.2 Å². The van der Waals surface area contributed by atoms with Crippen LogP contribution in [-0.2, 0) is 4.79 Å². The summed E-state index contributed by atoms with van der Waals surface area (Å²) in [6.07, 6.45) is 0.937. The van der Waals surface area contributed by atoms with E-state index in [2.05, 4.69) is 36.5 Å². The summed E-state index contributed by atoms with van der Waals surface area (Å²) in [5, 5.41) is 6.59. The summed E-state index contributed by atoms with van der Waals surface area (Å²) in [7, 11) is 0. The number of carbonyl (C=O) groups is 1. The lowest BCUT2D eigenvalue weighted by atomic mass is 10.2. The number of nitrogens with zero attached hydrogens (tertiary/aromatic N) is 2. The molecule has 3 aromatic rings. The Kier molecular flexibility index (Phi) is 7.65. The van der Waals surface area contributed by atoms with E-state index in [4.69, 9.17) is 16.3 Å². The van der Waals surface area contributed by atoms with Crippen LogP contribution in [0, 0.1) is 13.8 Å². The monoisotopic (exact) mass is 488 g/mol. The van der Waals surface area contributed by atoms with Crippen LogP contribution in [0.2, 0.25) is 5.02 Å². The molecule has 156 valence electrons. The van der Waals surface area contributed by atoms with E-state index in [1.165, 1.54) is 0 Å². The van der Waals surface area contributed by atoms with Gasteiger partial charge in [0.25, 0.3) is 0 Å². The van der Waals surface area contributed by atoms with Crippen molar-refractivity contribution in [1.29, 1.82) is 0 Å². The van der Waals surface area contributed by atoms with Crippen LogP contribution < -0.4 is 15.4 Å². The quantitative estimate of drug-likeness (QED) is 0.377. The lowest BCUT2D eigenvalue weighted by molar-refractivity contribution is -0.116. The van der Waals surface area contributed by atoms with Gasteiger partial charge < -0.3 is 15.4 Å². The second kappa shape index (κ2) is 10.4. The number of halogens is 2. The number of amides is 1. The maximum Gasteiger partial charge on any atom is 0.227 e. The smallest absolute Gasteiger partial charge is 0.227 e. The van der Waals surface area contributed by atoms with Crippen molar-refractivity contribution >= 4 is 50.8 Å². The summed E-state index contributed by atoms with van der Waals surface area (Å²) < 4.78 is 6.52. The summed E-state index contributed by atoms with van der Waals surface area (Å²) in [5.74, 6) is 1.09. The molecule has 30 heavy (non-hydrogen) atoms. The number of rotatable bonds is 8. The van der Waals surface area contributed by atoms with Crippen LogP contribution in [0.4, 0.5) is 17.3 Å². The Morgan fingerprint density at radius 3 is 2.37 bits per heavy atom. The molecule has 0 unspecified atom stereocenters. The Labute approximate surface area is 189 Å². The van der Waals surface area contributed by atoms with Gasteiger partial charge in [-0.3, -0.25) is 4.79 Å². The first-order valence-electron chi connectivity index (χ1n) is 9.46. The highest BCUT2D eigenvalue weighted by molar-refractivity contribution is 9.10. The molecule has 0 bridgehead atoms. The normalized spacial score (nSPS) is 10.5. The molecular formula is C22H22BrClN4O2. The summed E-state index contributed by atoms with van der Waals surface area (Å²) in [4.78, 5) is 20.9. The van der Waals surface area contributed by atoms with Crippen molar-refractivity contribution in [3.63, 3.8) is 0 Å². The average molecular weight is 490 g/mol. The van der Waals surface area contributed by atoms with Crippen molar-refractivity contribution in [1.82, 2.24) is 9.97 Å². The third kappa shape index (κ3) is 6.71. The summed E-state index contributed by atoms with van der Waals surface area (Å²) >= 11 is 9.46. The molecular weight excluding hydrogens is 468 g/mol. The number of aryl methyl sites for hydroxylation is 2. The molecule has 0 saturated carbocycles. The molecule has 0 aliphatic carbocycles. The van der Waals surface area contributed by atoms with Gasteiger partial charge >= 0.3 is 0 Å². The zero-order chi connectivity index (χ0) is 21.5. The SMILES string of the molecule is Cc1cc(C)nc(Nc2ccc(NC(=O)CCCOc3ccc(Br)cc3Cl)cc2)n1. The van der Waals surface area contributed by atoms with Gasteiger partial charge in [0, 0.05) is 33.7 Å². The Bertz CT molecular complexity index is 1010. The van der Waals surface area contributed by atoms with Crippen molar-refractivity contribution in [3.05, 3.63) is 69.4 Å². The van der Waals surface area contributed by atoms with Gasteiger partial charge in [-0.1, -0.05) is 27.5 Å². The Morgan fingerprint density at radius 1 is 1.03 bits per heavy atom.